The van der Waals surface area contributed by atoms with Crippen LogP contribution in [-0.4, -0.2) is 15.9 Å². The Bertz CT molecular complexity index is 305. The molecule has 1 aromatic rings. The lowest BCUT2D eigenvalue weighted by atomic mass is 10.1. The average molecular weight is 196 g/mol. The highest BCUT2D eigenvalue weighted by Gasteiger charge is 2.10. The molecule has 0 spiro atoms. The Kier molecular flexibility index (Phi) is 3.80. The molecule has 0 aromatic carbocycles. The predicted molar refractivity (Wildman–Crippen MR) is 51.8 cm³/mol. The van der Waals surface area contributed by atoms with Crippen molar-refractivity contribution < 1.29 is 9.32 Å². The molecule has 0 unspecified atom stereocenters. The number of nitrogens with zero attached hydrogens (tertiary/aromatic N) is 2. The van der Waals surface area contributed by atoms with E-state index in [1.807, 2.05) is 6.92 Å². The maximum absolute atomic E-state index is 11.1. The zero-order valence-corrected chi connectivity index (χ0v) is 8.91. The zero-order valence-electron chi connectivity index (χ0n) is 8.91. The van der Waals surface area contributed by atoms with Crippen LogP contribution in [0.1, 0.15) is 38.9 Å². The number of rotatable bonds is 5. The van der Waals surface area contributed by atoms with E-state index in [0.29, 0.717) is 24.1 Å². The fraction of sp³-hybridized carbons (Fsp3) is 0.700. The summed E-state index contributed by atoms with van der Waals surface area (Å²) in [6.07, 6.45) is 1.58. The number of hydrogen-bond donors (Lipinski definition) is 0. The van der Waals surface area contributed by atoms with Gasteiger partial charge < -0.3 is 4.52 Å². The maximum Gasteiger partial charge on any atom is 0.234 e. The van der Waals surface area contributed by atoms with Gasteiger partial charge in [-0.15, -0.1) is 0 Å². The van der Waals surface area contributed by atoms with Gasteiger partial charge in [0.25, 0.3) is 0 Å². The van der Waals surface area contributed by atoms with E-state index in [0.717, 1.165) is 6.42 Å². The molecule has 0 saturated carbocycles. The lowest BCUT2D eigenvalue weighted by molar-refractivity contribution is -0.118. The highest BCUT2D eigenvalue weighted by Crippen LogP contribution is 2.05. The molecule has 0 atom stereocenters. The summed E-state index contributed by atoms with van der Waals surface area (Å²) in [6.45, 7) is 6.01. The van der Waals surface area contributed by atoms with Gasteiger partial charge in [-0.25, -0.2) is 0 Å². The van der Waals surface area contributed by atoms with Gasteiger partial charge in [-0.3, -0.25) is 4.79 Å². The van der Waals surface area contributed by atoms with Crippen molar-refractivity contribution >= 4 is 5.78 Å². The van der Waals surface area contributed by atoms with Crippen molar-refractivity contribution in [3.8, 4) is 0 Å². The molecule has 0 aliphatic heterocycles. The Morgan fingerprint density at radius 2 is 2.21 bits per heavy atom. The fourth-order valence-corrected chi connectivity index (χ4v) is 1.10. The molecule has 0 N–H and O–H groups in total. The summed E-state index contributed by atoms with van der Waals surface area (Å²) in [4.78, 5) is 15.2. The molecular weight excluding hydrogens is 180 g/mol. The Labute approximate surface area is 83.7 Å². The van der Waals surface area contributed by atoms with E-state index in [4.69, 9.17) is 4.52 Å². The number of ketones is 1. The topological polar surface area (TPSA) is 56.0 Å². The van der Waals surface area contributed by atoms with Gasteiger partial charge in [0.1, 0.15) is 5.78 Å². The third kappa shape index (κ3) is 3.28. The molecule has 0 aliphatic carbocycles. The van der Waals surface area contributed by atoms with Gasteiger partial charge in [-0.1, -0.05) is 25.9 Å². The third-order valence-corrected chi connectivity index (χ3v) is 1.84. The minimum absolute atomic E-state index is 0.129. The number of carbonyl (C=O) groups is 1. The van der Waals surface area contributed by atoms with E-state index in [1.54, 1.807) is 0 Å². The number of Topliss-reactive ketones (excluding diaryl/α,β-unsaturated/α-hetero) is 1. The molecule has 0 aliphatic rings. The minimum Gasteiger partial charge on any atom is -0.339 e. The van der Waals surface area contributed by atoms with E-state index in [2.05, 4.69) is 24.0 Å². The first kappa shape index (κ1) is 10.9. The van der Waals surface area contributed by atoms with E-state index in [9.17, 15) is 4.79 Å². The fourth-order valence-electron chi connectivity index (χ4n) is 1.10. The van der Waals surface area contributed by atoms with Crippen LogP contribution >= 0.6 is 0 Å². The van der Waals surface area contributed by atoms with Gasteiger partial charge in [0.2, 0.25) is 5.89 Å². The second-order valence-electron chi connectivity index (χ2n) is 3.77. The first-order valence-electron chi connectivity index (χ1n) is 4.95. The van der Waals surface area contributed by atoms with Crippen LogP contribution < -0.4 is 0 Å². The van der Waals surface area contributed by atoms with Crippen LogP contribution in [0.5, 0.6) is 0 Å². The predicted octanol–water partition coefficient (Wildman–Crippen LogP) is 1.79. The summed E-state index contributed by atoms with van der Waals surface area (Å²) in [6, 6.07) is 0. The van der Waals surface area contributed by atoms with E-state index in [1.165, 1.54) is 0 Å². The SMILES string of the molecule is CCC(=O)Cc1nc(CC(C)C)no1. The normalized spacial score (nSPS) is 10.9. The van der Waals surface area contributed by atoms with Crippen LogP contribution in [0.2, 0.25) is 0 Å². The number of aromatic nitrogens is 2. The van der Waals surface area contributed by atoms with E-state index in [-0.39, 0.29) is 12.2 Å². The molecule has 0 radical (unpaired) electrons. The smallest absolute Gasteiger partial charge is 0.234 e. The first-order chi connectivity index (χ1) is 6.61. The second-order valence-corrected chi connectivity index (χ2v) is 3.77. The van der Waals surface area contributed by atoms with E-state index >= 15 is 0 Å². The standard InChI is InChI=1S/C10H16N2O2/c1-4-8(13)6-10-11-9(12-14-10)5-7(2)3/h7H,4-6H2,1-3H3. The van der Waals surface area contributed by atoms with Crippen LogP contribution in [0.4, 0.5) is 0 Å². The third-order valence-electron chi connectivity index (χ3n) is 1.84. The molecule has 4 heteroatoms. The van der Waals surface area contributed by atoms with Gasteiger partial charge in [-0.2, -0.15) is 4.98 Å². The lowest BCUT2D eigenvalue weighted by Crippen LogP contribution is -2.01. The molecule has 1 rings (SSSR count). The van der Waals surface area contributed by atoms with Crippen LogP contribution in [0.25, 0.3) is 0 Å². The number of hydrogen-bond acceptors (Lipinski definition) is 4. The summed E-state index contributed by atoms with van der Waals surface area (Å²) >= 11 is 0. The zero-order chi connectivity index (χ0) is 10.6. The summed E-state index contributed by atoms with van der Waals surface area (Å²) in [5, 5.41) is 3.81. The monoisotopic (exact) mass is 196 g/mol. The number of carbonyl (C=O) groups excluding carboxylic acids is 1. The van der Waals surface area contributed by atoms with Crippen molar-refractivity contribution in [3.63, 3.8) is 0 Å². The van der Waals surface area contributed by atoms with Gasteiger partial charge in [-0.05, 0) is 5.92 Å². The Hall–Kier alpha value is -1.19. The lowest BCUT2D eigenvalue weighted by Gasteiger charge is -1.95. The molecule has 1 heterocycles. The van der Waals surface area contributed by atoms with Gasteiger partial charge >= 0.3 is 0 Å². The van der Waals surface area contributed by atoms with Crippen molar-refractivity contribution in [2.75, 3.05) is 0 Å². The molecule has 0 bridgehead atoms. The molecule has 1 aromatic heterocycles. The summed E-state index contributed by atoms with van der Waals surface area (Å²) < 4.78 is 4.96. The van der Waals surface area contributed by atoms with Crippen molar-refractivity contribution in [1.82, 2.24) is 10.1 Å². The molecule has 14 heavy (non-hydrogen) atoms. The summed E-state index contributed by atoms with van der Waals surface area (Å²) in [5.74, 6) is 1.76. The van der Waals surface area contributed by atoms with Crippen LogP contribution in [0.3, 0.4) is 0 Å². The Morgan fingerprint density at radius 1 is 1.50 bits per heavy atom. The molecule has 0 saturated heterocycles. The Morgan fingerprint density at radius 3 is 2.79 bits per heavy atom. The van der Waals surface area contributed by atoms with Crippen LogP contribution in [-0.2, 0) is 17.6 Å². The minimum atomic E-state index is 0.129. The highest BCUT2D eigenvalue weighted by molar-refractivity contribution is 5.79. The highest BCUT2D eigenvalue weighted by atomic mass is 16.5. The Balaban J connectivity index is 2.55. The van der Waals surface area contributed by atoms with Gasteiger partial charge in [0.05, 0.1) is 6.42 Å². The van der Waals surface area contributed by atoms with Gasteiger partial charge in [0, 0.05) is 12.8 Å². The maximum atomic E-state index is 11.1. The molecular formula is C10H16N2O2. The van der Waals surface area contributed by atoms with E-state index < -0.39 is 0 Å². The average Bonchev–Trinajstić information content (AvgIpc) is 2.51. The molecule has 4 nitrogen and oxygen atoms in total. The molecule has 0 fully saturated rings. The quantitative estimate of drug-likeness (QED) is 0.720. The second kappa shape index (κ2) is 4.88. The van der Waals surface area contributed by atoms with Gasteiger partial charge in [0.15, 0.2) is 5.82 Å². The molecule has 0 amide bonds. The van der Waals surface area contributed by atoms with Crippen molar-refractivity contribution in [1.29, 1.82) is 0 Å². The van der Waals surface area contributed by atoms with Crippen molar-refractivity contribution in [2.24, 2.45) is 5.92 Å². The van der Waals surface area contributed by atoms with Crippen LogP contribution in [0, 0.1) is 5.92 Å². The molecule has 78 valence electrons. The van der Waals surface area contributed by atoms with Crippen molar-refractivity contribution in [2.45, 2.75) is 40.0 Å². The summed E-state index contributed by atoms with van der Waals surface area (Å²) in [5.41, 5.74) is 0. The summed E-state index contributed by atoms with van der Waals surface area (Å²) in [7, 11) is 0. The first-order valence-corrected chi connectivity index (χ1v) is 4.95. The van der Waals surface area contributed by atoms with Crippen LogP contribution in [0.15, 0.2) is 4.52 Å². The largest absolute Gasteiger partial charge is 0.339 e. The van der Waals surface area contributed by atoms with Crippen molar-refractivity contribution in [3.05, 3.63) is 11.7 Å².